The topological polar surface area (TPSA) is 18.5 Å². The van der Waals surface area contributed by atoms with Crippen LogP contribution in [0.2, 0.25) is 0 Å². The van der Waals surface area contributed by atoms with E-state index in [0.29, 0.717) is 6.04 Å². The average Bonchev–Trinajstić information content (AvgIpc) is 2.71. The maximum Gasteiger partial charge on any atom is 0.0331 e. The van der Waals surface area contributed by atoms with E-state index in [-0.39, 0.29) is 0 Å². The lowest BCUT2D eigenvalue weighted by molar-refractivity contribution is 0.0947. The van der Waals surface area contributed by atoms with Crippen molar-refractivity contribution in [2.24, 2.45) is 0 Å². The molecule has 0 saturated carbocycles. The van der Waals surface area contributed by atoms with Crippen molar-refractivity contribution in [2.75, 3.05) is 33.7 Å². The fraction of sp³-hybridized carbons (Fsp3) is 0.692. The first-order valence-electron chi connectivity index (χ1n) is 6.34. The summed E-state index contributed by atoms with van der Waals surface area (Å²) in [6, 6.07) is 5.20. The van der Waals surface area contributed by atoms with Crippen LogP contribution in [0.25, 0.3) is 0 Å². The average molecular weight is 253 g/mol. The maximum absolute atomic E-state index is 3.21. The molecule has 0 aliphatic carbocycles. The molecule has 2 heterocycles. The van der Waals surface area contributed by atoms with Crippen LogP contribution in [0.15, 0.2) is 12.1 Å². The van der Waals surface area contributed by atoms with Crippen LogP contribution in [0.1, 0.15) is 16.7 Å². The highest BCUT2D eigenvalue weighted by atomic mass is 32.1. The Morgan fingerprint density at radius 1 is 1.35 bits per heavy atom. The summed E-state index contributed by atoms with van der Waals surface area (Å²) >= 11 is 1.94. The van der Waals surface area contributed by atoms with Gasteiger partial charge < -0.3 is 10.2 Å². The highest BCUT2D eigenvalue weighted by molar-refractivity contribution is 7.11. The summed E-state index contributed by atoms with van der Waals surface area (Å²) in [4.78, 5) is 7.94. The minimum atomic E-state index is 0.670. The molecule has 1 fully saturated rings. The van der Waals surface area contributed by atoms with Gasteiger partial charge >= 0.3 is 0 Å². The standard InChI is InChI=1S/C13H23N3S/c1-11-9-15(3)6-7-16(11)10-13-5-4-12(17-13)8-14-2/h4-5,11,14H,6-10H2,1-3H3. The van der Waals surface area contributed by atoms with E-state index < -0.39 is 0 Å². The Balaban J connectivity index is 1.91. The molecule has 0 spiro atoms. The Labute approximate surface area is 108 Å². The van der Waals surface area contributed by atoms with Gasteiger partial charge in [0.1, 0.15) is 0 Å². The van der Waals surface area contributed by atoms with Crippen molar-refractivity contribution in [3.63, 3.8) is 0 Å². The highest BCUT2D eigenvalue weighted by Gasteiger charge is 2.21. The largest absolute Gasteiger partial charge is 0.315 e. The van der Waals surface area contributed by atoms with Crippen LogP contribution in [0.5, 0.6) is 0 Å². The van der Waals surface area contributed by atoms with Crippen LogP contribution in [0.4, 0.5) is 0 Å². The van der Waals surface area contributed by atoms with Gasteiger partial charge in [-0.3, -0.25) is 4.90 Å². The van der Waals surface area contributed by atoms with E-state index in [1.165, 1.54) is 29.4 Å². The molecule has 1 aliphatic rings. The monoisotopic (exact) mass is 253 g/mol. The lowest BCUT2D eigenvalue weighted by Gasteiger charge is -2.37. The zero-order valence-electron chi connectivity index (χ0n) is 11.1. The summed E-state index contributed by atoms with van der Waals surface area (Å²) in [5.41, 5.74) is 0. The quantitative estimate of drug-likeness (QED) is 0.879. The van der Waals surface area contributed by atoms with Crippen LogP contribution in [0.3, 0.4) is 0 Å². The fourth-order valence-electron chi connectivity index (χ4n) is 2.39. The molecule has 0 radical (unpaired) electrons. The van der Waals surface area contributed by atoms with Crippen molar-refractivity contribution in [3.8, 4) is 0 Å². The van der Waals surface area contributed by atoms with Gasteiger partial charge in [0, 0.05) is 48.5 Å². The van der Waals surface area contributed by atoms with E-state index in [2.05, 4.69) is 41.2 Å². The first-order chi connectivity index (χ1) is 8.19. The Morgan fingerprint density at radius 2 is 2.12 bits per heavy atom. The summed E-state index contributed by atoms with van der Waals surface area (Å²) in [6.45, 7) is 8.01. The van der Waals surface area contributed by atoms with Crippen LogP contribution in [-0.4, -0.2) is 49.6 Å². The van der Waals surface area contributed by atoms with Gasteiger partial charge in [0.05, 0.1) is 0 Å². The summed E-state index contributed by atoms with van der Waals surface area (Å²) in [5, 5.41) is 3.21. The Bertz CT molecular complexity index is 350. The second-order valence-corrected chi connectivity index (χ2v) is 6.23. The van der Waals surface area contributed by atoms with Gasteiger partial charge in [0.25, 0.3) is 0 Å². The third kappa shape index (κ3) is 3.52. The van der Waals surface area contributed by atoms with E-state index in [1.807, 2.05) is 18.4 Å². The molecule has 0 amide bonds. The molecule has 1 atom stereocenters. The molecule has 1 aromatic heterocycles. The molecule has 0 bridgehead atoms. The zero-order valence-corrected chi connectivity index (χ0v) is 11.9. The lowest BCUT2D eigenvalue weighted by Crippen LogP contribution is -2.49. The third-order valence-electron chi connectivity index (χ3n) is 3.40. The zero-order chi connectivity index (χ0) is 12.3. The normalized spacial score (nSPS) is 23.1. The second kappa shape index (κ2) is 5.96. The number of piperazine rings is 1. The van der Waals surface area contributed by atoms with Gasteiger partial charge in [-0.05, 0) is 33.2 Å². The second-order valence-electron chi connectivity index (χ2n) is 4.98. The fourth-order valence-corrected chi connectivity index (χ4v) is 3.44. The highest BCUT2D eigenvalue weighted by Crippen LogP contribution is 2.20. The first-order valence-corrected chi connectivity index (χ1v) is 7.15. The Hall–Kier alpha value is -0.420. The van der Waals surface area contributed by atoms with Crippen LogP contribution >= 0.6 is 11.3 Å². The molecule has 0 aromatic carbocycles. The summed E-state index contributed by atoms with van der Waals surface area (Å²) in [5.74, 6) is 0. The predicted octanol–water partition coefficient (Wildman–Crippen LogP) is 1.60. The van der Waals surface area contributed by atoms with E-state index in [1.54, 1.807) is 0 Å². The molecule has 1 unspecified atom stereocenters. The molecule has 1 aromatic rings. The molecular formula is C13H23N3S. The van der Waals surface area contributed by atoms with E-state index in [9.17, 15) is 0 Å². The molecule has 2 rings (SSSR count). The number of hydrogen-bond acceptors (Lipinski definition) is 4. The van der Waals surface area contributed by atoms with Crippen molar-refractivity contribution in [1.82, 2.24) is 15.1 Å². The van der Waals surface area contributed by atoms with Gasteiger partial charge in [0.2, 0.25) is 0 Å². The molecule has 96 valence electrons. The number of likely N-dealkylation sites (N-methyl/N-ethyl adjacent to an activating group) is 1. The molecule has 4 heteroatoms. The third-order valence-corrected chi connectivity index (χ3v) is 4.47. The summed E-state index contributed by atoms with van der Waals surface area (Å²) in [7, 11) is 4.21. The van der Waals surface area contributed by atoms with Gasteiger partial charge in [-0.15, -0.1) is 11.3 Å². The molecule has 1 saturated heterocycles. The number of hydrogen-bond donors (Lipinski definition) is 1. The SMILES string of the molecule is CNCc1ccc(CN2CCN(C)CC2C)s1. The number of nitrogens with one attached hydrogen (secondary N) is 1. The summed E-state index contributed by atoms with van der Waals surface area (Å²) < 4.78 is 0. The van der Waals surface area contributed by atoms with Crippen molar-refractivity contribution >= 4 is 11.3 Å². The van der Waals surface area contributed by atoms with Crippen LogP contribution < -0.4 is 5.32 Å². The number of thiophene rings is 1. The van der Waals surface area contributed by atoms with Crippen molar-refractivity contribution in [2.45, 2.75) is 26.1 Å². The number of nitrogens with zero attached hydrogens (tertiary/aromatic N) is 2. The van der Waals surface area contributed by atoms with Gasteiger partial charge in [0.15, 0.2) is 0 Å². The van der Waals surface area contributed by atoms with E-state index in [0.717, 1.165) is 13.1 Å². The van der Waals surface area contributed by atoms with Crippen molar-refractivity contribution < 1.29 is 0 Å². The molecule has 1 N–H and O–H groups in total. The Morgan fingerprint density at radius 3 is 2.82 bits per heavy atom. The number of rotatable bonds is 4. The van der Waals surface area contributed by atoms with Gasteiger partial charge in [-0.2, -0.15) is 0 Å². The van der Waals surface area contributed by atoms with Crippen molar-refractivity contribution in [3.05, 3.63) is 21.9 Å². The maximum atomic E-state index is 3.21. The summed E-state index contributed by atoms with van der Waals surface area (Å²) in [6.07, 6.45) is 0. The first kappa shape index (κ1) is 13.0. The molecule has 3 nitrogen and oxygen atoms in total. The lowest BCUT2D eigenvalue weighted by atomic mass is 10.2. The minimum absolute atomic E-state index is 0.670. The van der Waals surface area contributed by atoms with Crippen LogP contribution in [0, 0.1) is 0 Å². The van der Waals surface area contributed by atoms with E-state index in [4.69, 9.17) is 0 Å². The van der Waals surface area contributed by atoms with Gasteiger partial charge in [-0.25, -0.2) is 0 Å². The van der Waals surface area contributed by atoms with E-state index >= 15 is 0 Å². The van der Waals surface area contributed by atoms with Gasteiger partial charge in [-0.1, -0.05) is 0 Å². The minimum Gasteiger partial charge on any atom is -0.315 e. The predicted molar refractivity (Wildman–Crippen MR) is 74.5 cm³/mol. The Kier molecular flexibility index (Phi) is 4.56. The van der Waals surface area contributed by atoms with Crippen LogP contribution in [-0.2, 0) is 13.1 Å². The smallest absolute Gasteiger partial charge is 0.0331 e. The molecule has 1 aliphatic heterocycles. The van der Waals surface area contributed by atoms with Crippen molar-refractivity contribution in [1.29, 1.82) is 0 Å². The molecular weight excluding hydrogens is 230 g/mol. The molecule has 17 heavy (non-hydrogen) atoms.